The highest BCUT2D eigenvalue weighted by atomic mass is 35.5. The van der Waals surface area contributed by atoms with E-state index < -0.39 is 0 Å². The number of rotatable bonds is 3. The quantitative estimate of drug-likeness (QED) is 0.776. The molecular formula is C13H19ClN2O. The van der Waals surface area contributed by atoms with E-state index in [1.54, 1.807) is 7.11 Å². The largest absolute Gasteiger partial charge is 0.380 e. The van der Waals surface area contributed by atoms with Crippen molar-refractivity contribution in [3.8, 4) is 0 Å². The van der Waals surface area contributed by atoms with Crippen molar-refractivity contribution in [1.82, 2.24) is 4.98 Å². The van der Waals surface area contributed by atoms with Crippen LogP contribution in [0.1, 0.15) is 24.1 Å². The highest BCUT2D eigenvalue weighted by Crippen LogP contribution is 2.21. The monoisotopic (exact) mass is 254 g/mol. The molecule has 0 aromatic carbocycles. The van der Waals surface area contributed by atoms with Crippen molar-refractivity contribution in [3.05, 3.63) is 23.4 Å². The number of methoxy groups -OCH3 is 1. The smallest absolute Gasteiger partial charge is 0.128 e. The number of anilines is 1. The molecule has 1 unspecified atom stereocenters. The molecule has 0 saturated carbocycles. The lowest BCUT2D eigenvalue weighted by Crippen LogP contribution is -2.39. The lowest BCUT2D eigenvalue weighted by atomic mass is 10.1. The predicted molar refractivity (Wildman–Crippen MR) is 70.8 cm³/mol. The van der Waals surface area contributed by atoms with Crippen molar-refractivity contribution in [2.24, 2.45) is 0 Å². The molecule has 1 saturated heterocycles. The van der Waals surface area contributed by atoms with E-state index in [1.165, 1.54) is 0 Å². The molecule has 2 rings (SSSR count). The maximum atomic E-state index is 5.84. The van der Waals surface area contributed by atoms with E-state index in [0.29, 0.717) is 12.0 Å². The van der Waals surface area contributed by atoms with Gasteiger partial charge in [0.2, 0.25) is 0 Å². The first-order valence-electron chi connectivity index (χ1n) is 6.05. The fraction of sp³-hybridized carbons (Fsp3) is 0.615. The molecule has 1 aliphatic heterocycles. The molecular weight excluding hydrogens is 236 g/mol. The average Bonchev–Trinajstić information content (AvgIpc) is 2.38. The van der Waals surface area contributed by atoms with E-state index in [-0.39, 0.29) is 0 Å². The summed E-state index contributed by atoms with van der Waals surface area (Å²) in [6.07, 6.45) is 2.64. The zero-order valence-electron chi connectivity index (χ0n) is 10.4. The molecule has 0 aliphatic carbocycles. The van der Waals surface area contributed by atoms with Crippen molar-refractivity contribution >= 4 is 17.4 Å². The Morgan fingerprint density at radius 3 is 3.00 bits per heavy atom. The van der Waals surface area contributed by atoms with E-state index in [1.807, 2.05) is 6.92 Å². The summed E-state index contributed by atoms with van der Waals surface area (Å²) in [5, 5.41) is 0. The topological polar surface area (TPSA) is 25.4 Å². The maximum Gasteiger partial charge on any atom is 0.128 e. The number of aryl methyl sites for hydroxylation is 1. The van der Waals surface area contributed by atoms with Crippen LogP contribution in [0.25, 0.3) is 0 Å². The number of aromatic nitrogens is 1. The molecule has 1 aliphatic rings. The van der Waals surface area contributed by atoms with Crippen LogP contribution in [-0.4, -0.2) is 31.3 Å². The molecule has 1 aromatic heterocycles. The van der Waals surface area contributed by atoms with Crippen LogP contribution in [0.3, 0.4) is 0 Å². The van der Waals surface area contributed by atoms with Crippen LogP contribution in [-0.2, 0) is 10.6 Å². The summed E-state index contributed by atoms with van der Waals surface area (Å²) < 4.78 is 5.43. The number of halogens is 1. The minimum Gasteiger partial charge on any atom is -0.380 e. The van der Waals surface area contributed by atoms with Crippen molar-refractivity contribution in [2.75, 3.05) is 25.1 Å². The minimum absolute atomic E-state index is 0.332. The Balaban J connectivity index is 2.13. The molecule has 0 spiro atoms. The highest BCUT2D eigenvalue weighted by Gasteiger charge is 2.20. The highest BCUT2D eigenvalue weighted by molar-refractivity contribution is 6.17. The summed E-state index contributed by atoms with van der Waals surface area (Å²) in [5.41, 5.74) is 2.13. The van der Waals surface area contributed by atoms with Gasteiger partial charge in [0.05, 0.1) is 6.10 Å². The lowest BCUT2D eigenvalue weighted by molar-refractivity contribution is 0.0891. The molecule has 2 heterocycles. The van der Waals surface area contributed by atoms with Gasteiger partial charge in [-0.2, -0.15) is 0 Å². The first kappa shape index (κ1) is 12.7. The van der Waals surface area contributed by atoms with Gasteiger partial charge >= 0.3 is 0 Å². The van der Waals surface area contributed by atoms with Crippen LogP contribution in [0.15, 0.2) is 12.1 Å². The summed E-state index contributed by atoms with van der Waals surface area (Å²) in [6, 6.07) is 4.13. The van der Waals surface area contributed by atoms with Crippen LogP contribution in [0.5, 0.6) is 0 Å². The average molecular weight is 255 g/mol. The van der Waals surface area contributed by atoms with Gasteiger partial charge in [0, 0.05) is 31.8 Å². The van der Waals surface area contributed by atoms with Crippen LogP contribution < -0.4 is 4.90 Å². The Morgan fingerprint density at radius 2 is 2.35 bits per heavy atom. The molecule has 17 heavy (non-hydrogen) atoms. The van der Waals surface area contributed by atoms with Gasteiger partial charge in [0.25, 0.3) is 0 Å². The van der Waals surface area contributed by atoms with Gasteiger partial charge in [0.15, 0.2) is 0 Å². The first-order valence-corrected chi connectivity index (χ1v) is 6.58. The van der Waals surface area contributed by atoms with Crippen molar-refractivity contribution in [3.63, 3.8) is 0 Å². The predicted octanol–water partition coefficient (Wildman–Crippen LogP) is 2.74. The summed E-state index contributed by atoms with van der Waals surface area (Å²) in [7, 11) is 1.78. The number of alkyl halides is 1. The van der Waals surface area contributed by atoms with Crippen LogP contribution in [0, 0.1) is 6.92 Å². The molecule has 0 radical (unpaired) electrons. The summed E-state index contributed by atoms with van der Waals surface area (Å²) in [6.45, 7) is 4.01. The molecule has 0 amide bonds. The Hall–Kier alpha value is -0.800. The lowest BCUT2D eigenvalue weighted by Gasteiger charge is -2.33. The van der Waals surface area contributed by atoms with Gasteiger partial charge < -0.3 is 9.64 Å². The number of hydrogen-bond donors (Lipinski definition) is 0. The van der Waals surface area contributed by atoms with E-state index in [9.17, 15) is 0 Å². The SMILES string of the molecule is COC1CCCN(c2ccc(CCl)c(C)n2)C1. The van der Waals surface area contributed by atoms with Gasteiger partial charge in [-0.05, 0) is 31.4 Å². The molecule has 94 valence electrons. The van der Waals surface area contributed by atoms with Crippen LogP contribution in [0.4, 0.5) is 5.82 Å². The Morgan fingerprint density at radius 1 is 1.53 bits per heavy atom. The van der Waals surface area contributed by atoms with Crippen molar-refractivity contribution in [1.29, 1.82) is 0 Å². The van der Waals surface area contributed by atoms with E-state index in [0.717, 1.165) is 43.0 Å². The molecule has 0 bridgehead atoms. The van der Waals surface area contributed by atoms with Gasteiger partial charge in [-0.15, -0.1) is 11.6 Å². The maximum absolute atomic E-state index is 5.84. The zero-order valence-corrected chi connectivity index (χ0v) is 11.2. The first-order chi connectivity index (χ1) is 8.24. The van der Waals surface area contributed by atoms with Gasteiger partial charge in [0.1, 0.15) is 5.82 Å². The third-order valence-corrected chi connectivity index (χ3v) is 3.65. The molecule has 4 heteroatoms. The van der Waals surface area contributed by atoms with Gasteiger partial charge in [-0.25, -0.2) is 4.98 Å². The third kappa shape index (κ3) is 2.90. The second-order valence-electron chi connectivity index (χ2n) is 4.49. The molecule has 3 nitrogen and oxygen atoms in total. The van der Waals surface area contributed by atoms with Gasteiger partial charge in [-0.3, -0.25) is 0 Å². The standard InChI is InChI=1S/C13H19ClN2O/c1-10-11(8-14)5-6-13(15-10)16-7-3-4-12(9-16)17-2/h5-6,12H,3-4,7-9H2,1-2H3. The minimum atomic E-state index is 0.332. The number of nitrogens with zero attached hydrogens (tertiary/aromatic N) is 2. The second kappa shape index (κ2) is 5.69. The molecule has 1 atom stereocenters. The Kier molecular flexibility index (Phi) is 4.24. The number of piperidine rings is 1. The molecule has 0 N–H and O–H groups in total. The van der Waals surface area contributed by atoms with Crippen molar-refractivity contribution < 1.29 is 4.74 Å². The molecule has 1 aromatic rings. The van der Waals surface area contributed by atoms with Crippen LogP contribution >= 0.6 is 11.6 Å². The van der Waals surface area contributed by atoms with E-state index in [2.05, 4.69) is 22.0 Å². The summed E-state index contributed by atoms with van der Waals surface area (Å²) in [5.74, 6) is 1.57. The number of pyridine rings is 1. The normalized spacial score (nSPS) is 20.6. The van der Waals surface area contributed by atoms with E-state index >= 15 is 0 Å². The third-order valence-electron chi connectivity index (χ3n) is 3.36. The number of ether oxygens (including phenoxy) is 1. The summed E-state index contributed by atoms with van der Waals surface area (Å²) >= 11 is 5.84. The Bertz CT molecular complexity index is 384. The second-order valence-corrected chi connectivity index (χ2v) is 4.76. The van der Waals surface area contributed by atoms with Crippen LogP contribution in [0.2, 0.25) is 0 Å². The fourth-order valence-electron chi connectivity index (χ4n) is 2.23. The summed E-state index contributed by atoms with van der Waals surface area (Å²) in [4.78, 5) is 6.92. The van der Waals surface area contributed by atoms with Gasteiger partial charge in [-0.1, -0.05) is 6.07 Å². The zero-order chi connectivity index (χ0) is 12.3. The number of hydrogen-bond acceptors (Lipinski definition) is 3. The Labute approximate surface area is 108 Å². The van der Waals surface area contributed by atoms with Crippen molar-refractivity contribution in [2.45, 2.75) is 31.7 Å². The molecule has 1 fully saturated rings. The van der Waals surface area contributed by atoms with E-state index in [4.69, 9.17) is 16.3 Å². The fourth-order valence-corrected chi connectivity index (χ4v) is 2.52.